The summed E-state index contributed by atoms with van der Waals surface area (Å²) in [6, 6.07) is 9.85. The van der Waals surface area contributed by atoms with Crippen molar-refractivity contribution < 1.29 is 4.79 Å². The number of aromatic nitrogens is 2. The molecule has 1 atom stereocenters. The molecule has 2 N–H and O–H groups in total. The fourth-order valence-corrected chi connectivity index (χ4v) is 4.95. The lowest BCUT2D eigenvalue weighted by molar-refractivity contribution is -0.141. The summed E-state index contributed by atoms with van der Waals surface area (Å²) in [5.74, 6) is 0.655. The third kappa shape index (κ3) is 4.52. The fourth-order valence-electron chi connectivity index (χ4n) is 3.82. The van der Waals surface area contributed by atoms with E-state index in [0.29, 0.717) is 12.4 Å². The molecule has 0 spiro atoms. The summed E-state index contributed by atoms with van der Waals surface area (Å²) < 4.78 is 0.833. The molecule has 0 aliphatic carbocycles. The van der Waals surface area contributed by atoms with Crippen molar-refractivity contribution in [2.75, 3.05) is 25.4 Å². The van der Waals surface area contributed by atoms with E-state index in [1.54, 1.807) is 11.3 Å². The van der Waals surface area contributed by atoms with Crippen LogP contribution in [0.15, 0.2) is 36.7 Å². The van der Waals surface area contributed by atoms with Gasteiger partial charge in [0.15, 0.2) is 0 Å². The molecular formula is C21H24ClN5OS. The molecule has 1 saturated heterocycles. The van der Waals surface area contributed by atoms with Crippen molar-refractivity contribution in [2.24, 2.45) is 0 Å². The highest BCUT2D eigenvalue weighted by atomic mass is 35.5. The van der Waals surface area contributed by atoms with Gasteiger partial charge in [-0.3, -0.25) is 9.69 Å². The van der Waals surface area contributed by atoms with Crippen molar-refractivity contribution in [3.05, 3.63) is 51.4 Å². The number of carbonyl (C=O) groups is 1. The molecule has 1 aromatic carbocycles. The molecule has 4 rings (SSSR count). The topological polar surface area (TPSA) is 75.3 Å². The lowest BCUT2D eigenvalue weighted by atomic mass is 10.1. The van der Waals surface area contributed by atoms with Gasteiger partial charge in [-0.25, -0.2) is 9.97 Å². The largest absolute Gasteiger partial charge is 0.383 e. The van der Waals surface area contributed by atoms with Crippen molar-refractivity contribution >= 4 is 45.6 Å². The Kier molecular flexibility index (Phi) is 5.99. The number of nitrogen functional groups attached to an aromatic ring is 1. The first-order chi connectivity index (χ1) is 14.0. The maximum absolute atomic E-state index is 12.9. The number of carbonyl (C=O) groups excluding carboxylic acids is 1. The third-order valence-corrected chi connectivity index (χ3v) is 6.77. The van der Waals surface area contributed by atoms with Crippen molar-refractivity contribution in [3.8, 4) is 0 Å². The summed E-state index contributed by atoms with van der Waals surface area (Å²) in [4.78, 5) is 26.7. The number of rotatable bonds is 6. The molecule has 1 aliphatic heterocycles. The minimum Gasteiger partial charge on any atom is -0.383 e. The molecule has 0 saturated carbocycles. The summed E-state index contributed by atoms with van der Waals surface area (Å²) in [5.41, 5.74) is 7.76. The average molecular weight is 430 g/mol. The molecule has 0 bridgehead atoms. The number of nitrogens with two attached hydrogens (primary N) is 1. The highest BCUT2D eigenvalue weighted by molar-refractivity contribution is 7.16. The van der Waals surface area contributed by atoms with Crippen LogP contribution in [-0.4, -0.2) is 51.4 Å². The van der Waals surface area contributed by atoms with Crippen molar-refractivity contribution in [1.82, 2.24) is 19.8 Å². The van der Waals surface area contributed by atoms with Gasteiger partial charge in [-0.15, -0.1) is 11.3 Å². The van der Waals surface area contributed by atoms with Crippen molar-refractivity contribution in [1.29, 1.82) is 0 Å². The fraction of sp³-hybridized carbons (Fsp3) is 0.381. The third-order valence-electron chi connectivity index (χ3n) is 5.48. The van der Waals surface area contributed by atoms with Crippen LogP contribution in [0, 0.1) is 0 Å². The zero-order valence-corrected chi connectivity index (χ0v) is 17.9. The zero-order chi connectivity index (χ0) is 20.4. The van der Waals surface area contributed by atoms with E-state index in [0.717, 1.165) is 53.3 Å². The van der Waals surface area contributed by atoms with Crippen molar-refractivity contribution in [3.63, 3.8) is 0 Å². The van der Waals surface area contributed by atoms with E-state index in [-0.39, 0.29) is 11.9 Å². The van der Waals surface area contributed by atoms with Gasteiger partial charge in [-0.1, -0.05) is 17.7 Å². The molecule has 1 fully saturated rings. The van der Waals surface area contributed by atoms with Crippen LogP contribution in [0.25, 0.3) is 10.9 Å². The summed E-state index contributed by atoms with van der Waals surface area (Å²) in [7, 11) is 0. The van der Waals surface area contributed by atoms with Gasteiger partial charge in [0.1, 0.15) is 12.1 Å². The molecule has 3 aromatic rings. The van der Waals surface area contributed by atoms with Crippen LogP contribution in [0.3, 0.4) is 0 Å². The number of benzene rings is 1. The molecular weight excluding hydrogens is 406 g/mol. The Bertz CT molecular complexity index is 1020. The number of hydrogen-bond donors (Lipinski definition) is 1. The molecule has 8 heteroatoms. The van der Waals surface area contributed by atoms with E-state index in [4.69, 9.17) is 17.3 Å². The zero-order valence-electron chi connectivity index (χ0n) is 16.3. The normalized spacial score (nSPS) is 17.9. The second kappa shape index (κ2) is 8.65. The molecule has 1 aliphatic rings. The Morgan fingerprint density at radius 3 is 2.90 bits per heavy atom. The van der Waals surface area contributed by atoms with Crippen LogP contribution < -0.4 is 5.73 Å². The van der Waals surface area contributed by atoms with Gasteiger partial charge in [0.2, 0.25) is 5.91 Å². The maximum Gasteiger partial charge on any atom is 0.239 e. The van der Waals surface area contributed by atoms with Crippen LogP contribution in [0.5, 0.6) is 0 Å². The smallest absolute Gasteiger partial charge is 0.239 e. The second-order valence-electron chi connectivity index (χ2n) is 7.39. The van der Waals surface area contributed by atoms with Crippen LogP contribution >= 0.6 is 22.9 Å². The van der Waals surface area contributed by atoms with E-state index in [1.807, 2.05) is 36.1 Å². The number of halogens is 1. The van der Waals surface area contributed by atoms with Crippen molar-refractivity contribution in [2.45, 2.75) is 32.4 Å². The predicted octanol–water partition coefficient (Wildman–Crippen LogP) is 3.59. The highest BCUT2D eigenvalue weighted by Gasteiger charge is 2.31. The van der Waals surface area contributed by atoms with Gasteiger partial charge in [0.05, 0.1) is 15.9 Å². The first-order valence-electron chi connectivity index (χ1n) is 9.77. The van der Waals surface area contributed by atoms with E-state index in [1.165, 1.54) is 11.2 Å². The molecule has 0 unspecified atom stereocenters. The molecule has 0 radical (unpaired) electrons. The number of fused-ring (bicyclic) bond motifs is 1. The molecule has 1 amide bonds. The SMILES string of the molecule is C[C@H]1C(=O)N(Cc2ccc3c(N)ncnc3c2)CCN1CCCc1ccc(Cl)s1. The molecule has 6 nitrogen and oxygen atoms in total. The molecule has 152 valence electrons. The number of anilines is 1. The van der Waals surface area contributed by atoms with Gasteiger partial charge >= 0.3 is 0 Å². The quantitative estimate of drug-likeness (QED) is 0.648. The van der Waals surface area contributed by atoms with Gasteiger partial charge in [-0.2, -0.15) is 0 Å². The molecule has 3 heterocycles. The highest BCUT2D eigenvalue weighted by Crippen LogP contribution is 2.23. The van der Waals surface area contributed by atoms with E-state index in [2.05, 4.69) is 20.9 Å². The first kappa shape index (κ1) is 20.1. The van der Waals surface area contributed by atoms with Crippen LogP contribution in [0.1, 0.15) is 23.8 Å². The monoisotopic (exact) mass is 429 g/mol. The number of amides is 1. The minimum absolute atomic E-state index is 0.103. The predicted molar refractivity (Wildman–Crippen MR) is 118 cm³/mol. The number of hydrogen-bond acceptors (Lipinski definition) is 6. The van der Waals surface area contributed by atoms with Gasteiger partial charge in [-0.05, 0) is 56.1 Å². The maximum atomic E-state index is 12.9. The Hall–Kier alpha value is -2.22. The standard InChI is InChI=1S/C21H24ClN5OS/c1-14-21(28)27(10-9-26(14)8-2-3-16-5-7-19(22)29-16)12-15-4-6-17-18(11-15)24-13-25-20(17)23/h4-7,11,13-14H,2-3,8-10,12H2,1H3,(H2,23,24,25)/t14-/m0/s1. The minimum atomic E-state index is -0.103. The summed E-state index contributed by atoms with van der Waals surface area (Å²) >= 11 is 7.63. The Morgan fingerprint density at radius 2 is 2.10 bits per heavy atom. The van der Waals surface area contributed by atoms with E-state index >= 15 is 0 Å². The van der Waals surface area contributed by atoms with Crippen LogP contribution in [0.4, 0.5) is 5.82 Å². The van der Waals surface area contributed by atoms with Gasteiger partial charge < -0.3 is 10.6 Å². The van der Waals surface area contributed by atoms with E-state index < -0.39 is 0 Å². The summed E-state index contributed by atoms with van der Waals surface area (Å²) in [6.45, 7) is 5.14. The molecule has 29 heavy (non-hydrogen) atoms. The Labute approximate surface area is 179 Å². The summed E-state index contributed by atoms with van der Waals surface area (Å²) in [5, 5.41) is 0.841. The second-order valence-corrected chi connectivity index (χ2v) is 9.19. The van der Waals surface area contributed by atoms with Crippen LogP contribution in [0.2, 0.25) is 4.34 Å². The van der Waals surface area contributed by atoms with Gasteiger partial charge in [0.25, 0.3) is 0 Å². The number of aryl methyl sites for hydroxylation is 1. The number of piperazine rings is 1. The lowest BCUT2D eigenvalue weighted by Crippen LogP contribution is -2.55. The molecule has 2 aromatic heterocycles. The first-order valence-corrected chi connectivity index (χ1v) is 11.0. The lowest BCUT2D eigenvalue weighted by Gasteiger charge is -2.39. The average Bonchev–Trinajstić information content (AvgIpc) is 3.12. The van der Waals surface area contributed by atoms with Gasteiger partial charge in [0, 0.05) is 29.9 Å². The van der Waals surface area contributed by atoms with Crippen LogP contribution in [-0.2, 0) is 17.8 Å². The Balaban J connectivity index is 1.34. The summed E-state index contributed by atoms with van der Waals surface area (Å²) in [6.07, 6.45) is 3.50. The number of thiophene rings is 1. The Morgan fingerprint density at radius 1 is 1.24 bits per heavy atom. The van der Waals surface area contributed by atoms with E-state index in [9.17, 15) is 4.79 Å². The number of nitrogens with zero attached hydrogens (tertiary/aromatic N) is 4.